The molecule has 2 aromatic rings. The second-order valence-electron chi connectivity index (χ2n) is 5.45. The molecule has 4 heteroatoms. The summed E-state index contributed by atoms with van der Waals surface area (Å²) in [5.74, 6) is -1.01. The van der Waals surface area contributed by atoms with E-state index >= 15 is 0 Å². The molecule has 2 rings (SSSR count). The Morgan fingerprint density at radius 3 is 2.55 bits per heavy atom. The van der Waals surface area contributed by atoms with Crippen molar-refractivity contribution in [2.24, 2.45) is 0 Å². The Kier molecular flexibility index (Phi) is 5.78. The van der Waals surface area contributed by atoms with Crippen LogP contribution in [0.5, 0.6) is 0 Å². The van der Waals surface area contributed by atoms with Crippen molar-refractivity contribution in [3.8, 4) is 11.3 Å². The first-order valence-corrected chi connectivity index (χ1v) is 7.56. The van der Waals surface area contributed by atoms with Gasteiger partial charge in [-0.3, -0.25) is 0 Å². The second kappa shape index (κ2) is 7.80. The van der Waals surface area contributed by atoms with Gasteiger partial charge >= 0.3 is 0 Å². The molecule has 0 atom stereocenters. The highest BCUT2D eigenvalue weighted by molar-refractivity contribution is 5.65. The Bertz CT molecular complexity index is 614. The minimum absolute atomic E-state index is 0.0433. The van der Waals surface area contributed by atoms with Crippen molar-refractivity contribution in [3.63, 3.8) is 0 Å². The fraction of sp³-hybridized carbons (Fsp3) is 0.389. The molecule has 0 unspecified atom stereocenters. The van der Waals surface area contributed by atoms with Crippen LogP contribution in [0, 0.1) is 6.92 Å². The van der Waals surface area contributed by atoms with E-state index in [-0.39, 0.29) is 6.42 Å². The van der Waals surface area contributed by atoms with Gasteiger partial charge in [-0.05, 0) is 43.9 Å². The number of carbonyl (C=O) groups excluding carboxylic acids is 1. The molecule has 0 aliphatic heterocycles. The number of nitrogens with zero attached hydrogens (tertiary/aromatic N) is 1. The van der Waals surface area contributed by atoms with E-state index in [9.17, 15) is 9.90 Å². The molecule has 1 heterocycles. The van der Waals surface area contributed by atoms with Gasteiger partial charge in [0.25, 0.3) is 0 Å². The molecule has 1 aromatic carbocycles. The summed E-state index contributed by atoms with van der Waals surface area (Å²) in [7, 11) is 1.69. The third-order valence-electron chi connectivity index (χ3n) is 3.73. The zero-order chi connectivity index (χ0) is 15.9. The zero-order valence-electron chi connectivity index (χ0n) is 13.2. The van der Waals surface area contributed by atoms with Gasteiger partial charge in [0.05, 0.1) is 0 Å². The van der Waals surface area contributed by atoms with Crippen LogP contribution in [0.15, 0.2) is 36.4 Å². The first kappa shape index (κ1) is 16.3. The molecule has 0 saturated heterocycles. The van der Waals surface area contributed by atoms with Crippen LogP contribution in [-0.4, -0.2) is 24.3 Å². The molecule has 0 aliphatic rings. The molecule has 0 N–H and O–H groups in total. The van der Waals surface area contributed by atoms with Gasteiger partial charge in [-0.2, -0.15) is 0 Å². The molecule has 0 fully saturated rings. The highest BCUT2D eigenvalue weighted by atomic mass is 16.5. The van der Waals surface area contributed by atoms with Crippen LogP contribution >= 0.6 is 0 Å². The summed E-state index contributed by atoms with van der Waals surface area (Å²) in [6, 6.07) is 12.4. The van der Waals surface area contributed by atoms with Gasteiger partial charge in [0.1, 0.15) is 0 Å². The topological polar surface area (TPSA) is 54.3 Å². The fourth-order valence-electron chi connectivity index (χ4n) is 2.57. The standard InChI is InChI=1S/C18H23NO3/c1-14-4-6-15(7-5-14)17-10-8-16(9-11-18(20)21)19(17)12-3-13-22-2/h4-8,10H,3,9,11-13H2,1-2H3,(H,20,21)/p-1. The number of rotatable bonds is 8. The van der Waals surface area contributed by atoms with E-state index in [2.05, 4.69) is 41.8 Å². The number of benzene rings is 1. The van der Waals surface area contributed by atoms with E-state index in [1.807, 2.05) is 6.07 Å². The maximum Gasteiger partial charge on any atom is 0.0482 e. The predicted molar refractivity (Wildman–Crippen MR) is 84.4 cm³/mol. The average molecular weight is 300 g/mol. The molecule has 0 bridgehead atoms. The minimum atomic E-state index is -1.01. The molecule has 1 aromatic heterocycles. The van der Waals surface area contributed by atoms with Crippen molar-refractivity contribution in [1.29, 1.82) is 0 Å². The van der Waals surface area contributed by atoms with Crippen molar-refractivity contribution in [2.75, 3.05) is 13.7 Å². The molecule has 0 aliphatic carbocycles. The van der Waals surface area contributed by atoms with E-state index in [4.69, 9.17) is 4.74 Å². The Balaban J connectivity index is 2.27. The number of hydrogen-bond donors (Lipinski definition) is 0. The zero-order valence-corrected chi connectivity index (χ0v) is 13.2. The SMILES string of the molecule is COCCCn1c(CCC(=O)[O-])ccc1-c1ccc(C)cc1. The van der Waals surface area contributed by atoms with Crippen molar-refractivity contribution in [3.05, 3.63) is 47.7 Å². The van der Waals surface area contributed by atoms with Crippen LogP contribution in [0.1, 0.15) is 24.1 Å². The average Bonchev–Trinajstić information content (AvgIpc) is 2.89. The van der Waals surface area contributed by atoms with Crippen molar-refractivity contribution in [2.45, 2.75) is 32.7 Å². The maximum atomic E-state index is 10.7. The summed E-state index contributed by atoms with van der Waals surface area (Å²) < 4.78 is 7.31. The number of hydrogen-bond acceptors (Lipinski definition) is 3. The summed E-state index contributed by atoms with van der Waals surface area (Å²) in [4.78, 5) is 10.7. The van der Waals surface area contributed by atoms with Crippen molar-refractivity contribution >= 4 is 5.97 Å². The Labute approximate surface area is 131 Å². The van der Waals surface area contributed by atoms with E-state index in [1.165, 1.54) is 5.56 Å². The number of aryl methyl sites for hydroxylation is 2. The molecule has 0 amide bonds. The van der Waals surface area contributed by atoms with Crippen molar-refractivity contribution < 1.29 is 14.6 Å². The summed E-state index contributed by atoms with van der Waals surface area (Å²) in [5, 5.41) is 10.7. The summed E-state index contributed by atoms with van der Waals surface area (Å²) in [6.07, 6.45) is 1.42. The van der Waals surface area contributed by atoms with Crippen LogP contribution in [-0.2, 0) is 22.5 Å². The van der Waals surface area contributed by atoms with E-state index in [1.54, 1.807) is 7.11 Å². The number of ether oxygens (including phenoxy) is 1. The molecule has 4 nitrogen and oxygen atoms in total. The van der Waals surface area contributed by atoms with Gasteiger partial charge in [0, 0.05) is 37.6 Å². The number of aliphatic carboxylic acids is 1. The molecule has 0 spiro atoms. The van der Waals surface area contributed by atoms with Gasteiger partial charge in [-0.25, -0.2) is 0 Å². The van der Waals surface area contributed by atoms with Crippen LogP contribution in [0.2, 0.25) is 0 Å². The van der Waals surface area contributed by atoms with Crippen LogP contribution < -0.4 is 5.11 Å². The van der Waals surface area contributed by atoms with Crippen LogP contribution in [0.25, 0.3) is 11.3 Å². The van der Waals surface area contributed by atoms with E-state index in [0.717, 1.165) is 29.9 Å². The predicted octanol–water partition coefficient (Wildman–Crippen LogP) is 2.18. The smallest absolute Gasteiger partial charge is 0.0482 e. The number of carboxylic acids is 1. The Morgan fingerprint density at radius 2 is 1.91 bits per heavy atom. The quantitative estimate of drug-likeness (QED) is 0.702. The number of carbonyl (C=O) groups is 1. The van der Waals surface area contributed by atoms with Gasteiger partial charge in [-0.15, -0.1) is 0 Å². The molecule has 22 heavy (non-hydrogen) atoms. The van der Waals surface area contributed by atoms with Crippen molar-refractivity contribution in [1.82, 2.24) is 4.57 Å². The largest absolute Gasteiger partial charge is 0.550 e. The maximum absolute atomic E-state index is 10.7. The van der Waals surface area contributed by atoms with Crippen LogP contribution in [0.4, 0.5) is 0 Å². The summed E-state index contributed by atoms with van der Waals surface area (Å²) >= 11 is 0. The monoisotopic (exact) mass is 300 g/mol. The molecule has 0 saturated carbocycles. The van der Waals surface area contributed by atoms with Gasteiger partial charge in [0.15, 0.2) is 0 Å². The third-order valence-corrected chi connectivity index (χ3v) is 3.73. The number of methoxy groups -OCH3 is 1. The third kappa shape index (κ3) is 4.21. The highest BCUT2D eigenvalue weighted by Crippen LogP contribution is 2.24. The number of carboxylic acid groups (broad SMARTS) is 1. The van der Waals surface area contributed by atoms with E-state index < -0.39 is 5.97 Å². The molecule has 0 radical (unpaired) electrons. The van der Waals surface area contributed by atoms with Gasteiger partial charge < -0.3 is 19.2 Å². The Hall–Kier alpha value is -2.07. The summed E-state index contributed by atoms with van der Waals surface area (Å²) in [5.41, 5.74) is 4.50. The summed E-state index contributed by atoms with van der Waals surface area (Å²) in [6.45, 7) is 3.56. The van der Waals surface area contributed by atoms with Gasteiger partial charge in [0.2, 0.25) is 0 Å². The first-order chi connectivity index (χ1) is 10.6. The van der Waals surface area contributed by atoms with E-state index in [0.29, 0.717) is 13.0 Å². The van der Waals surface area contributed by atoms with Crippen LogP contribution in [0.3, 0.4) is 0 Å². The minimum Gasteiger partial charge on any atom is -0.550 e. The first-order valence-electron chi connectivity index (χ1n) is 7.56. The molecular weight excluding hydrogens is 278 g/mol. The lowest BCUT2D eigenvalue weighted by Gasteiger charge is -2.14. The lowest BCUT2D eigenvalue weighted by atomic mass is 10.1. The normalized spacial score (nSPS) is 10.8. The Morgan fingerprint density at radius 1 is 1.18 bits per heavy atom. The fourth-order valence-corrected chi connectivity index (χ4v) is 2.57. The molecular formula is C18H22NO3-. The second-order valence-corrected chi connectivity index (χ2v) is 5.45. The highest BCUT2D eigenvalue weighted by Gasteiger charge is 2.10. The lowest BCUT2D eigenvalue weighted by molar-refractivity contribution is -0.305. The molecule has 118 valence electrons. The number of aromatic nitrogens is 1. The van der Waals surface area contributed by atoms with Gasteiger partial charge in [-0.1, -0.05) is 29.8 Å². The lowest BCUT2D eigenvalue weighted by Crippen LogP contribution is -2.23.